The zero-order chi connectivity index (χ0) is 25.5. The molecule has 1 heterocycles. The Morgan fingerprint density at radius 1 is 0.886 bits per heavy atom. The highest BCUT2D eigenvalue weighted by Gasteiger charge is 2.44. The monoisotopic (exact) mass is 473 g/mol. The molecule has 4 rings (SSSR count). The van der Waals surface area contributed by atoms with E-state index in [0.29, 0.717) is 12.5 Å². The molecule has 186 valence electrons. The van der Waals surface area contributed by atoms with Crippen molar-refractivity contribution in [3.05, 3.63) is 81.4 Å². The van der Waals surface area contributed by atoms with Gasteiger partial charge in [-0.15, -0.1) is 0 Å². The van der Waals surface area contributed by atoms with Gasteiger partial charge in [-0.2, -0.15) is 0 Å². The lowest BCUT2D eigenvalue weighted by molar-refractivity contribution is 0.121. The number of rotatable bonds is 7. The van der Waals surface area contributed by atoms with Crippen LogP contribution in [0.1, 0.15) is 78.5 Å². The summed E-state index contributed by atoms with van der Waals surface area (Å²) in [6, 6.07) is 15.2. The normalized spacial score (nSPS) is 16.1. The second-order valence-electron chi connectivity index (χ2n) is 10.5. The first-order valence-corrected chi connectivity index (χ1v) is 12.5. The summed E-state index contributed by atoms with van der Waals surface area (Å²) in [7, 11) is 3.33. The van der Waals surface area contributed by atoms with Crippen molar-refractivity contribution in [2.45, 2.75) is 72.4 Å². The van der Waals surface area contributed by atoms with Gasteiger partial charge in [-0.25, -0.2) is 0 Å². The lowest BCUT2D eigenvalue weighted by atomic mass is 9.78. The number of anilines is 1. The minimum Gasteiger partial charge on any atom is -0.493 e. The summed E-state index contributed by atoms with van der Waals surface area (Å²) >= 11 is 0. The Bertz CT molecular complexity index is 1230. The largest absolute Gasteiger partial charge is 0.493 e. The summed E-state index contributed by atoms with van der Waals surface area (Å²) in [6.45, 7) is 16.2. The fraction of sp³-hybridized carbons (Fsp3) is 0.419. The van der Waals surface area contributed by atoms with E-state index in [9.17, 15) is 0 Å². The van der Waals surface area contributed by atoms with Gasteiger partial charge in [0.2, 0.25) is 0 Å². The number of ether oxygens (including phenoxy) is 3. The Hall–Kier alpha value is -3.14. The van der Waals surface area contributed by atoms with E-state index in [1.807, 2.05) is 12.1 Å². The van der Waals surface area contributed by atoms with Crippen molar-refractivity contribution in [1.29, 1.82) is 0 Å². The molecular formula is C31H39NO3. The number of fused-ring (bicyclic) bond motifs is 1. The number of benzene rings is 3. The topological polar surface area (TPSA) is 39.7 Å². The van der Waals surface area contributed by atoms with E-state index < -0.39 is 0 Å². The third kappa shape index (κ3) is 4.47. The molecule has 1 aliphatic rings. The second kappa shape index (κ2) is 9.49. The van der Waals surface area contributed by atoms with E-state index in [-0.39, 0.29) is 11.5 Å². The fourth-order valence-electron chi connectivity index (χ4n) is 5.38. The van der Waals surface area contributed by atoms with E-state index in [2.05, 4.69) is 84.1 Å². The third-order valence-corrected chi connectivity index (χ3v) is 7.50. The average molecular weight is 474 g/mol. The van der Waals surface area contributed by atoms with Crippen molar-refractivity contribution in [2.24, 2.45) is 0 Å². The Morgan fingerprint density at radius 3 is 2.14 bits per heavy atom. The maximum absolute atomic E-state index is 6.65. The van der Waals surface area contributed by atoms with Crippen molar-refractivity contribution < 1.29 is 14.2 Å². The summed E-state index contributed by atoms with van der Waals surface area (Å²) in [6.07, 6.45) is 0. The van der Waals surface area contributed by atoms with Gasteiger partial charge >= 0.3 is 0 Å². The molecule has 4 heteroatoms. The number of hydrogen-bond donors (Lipinski definition) is 1. The maximum Gasteiger partial charge on any atom is 0.161 e. The van der Waals surface area contributed by atoms with Crippen LogP contribution in [0.4, 0.5) is 5.69 Å². The first-order chi connectivity index (χ1) is 16.6. The van der Waals surface area contributed by atoms with Crippen LogP contribution in [-0.4, -0.2) is 19.8 Å². The van der Waals surface area contributed by atoms with Gasteiger partial charge in [0.15, 0.2) is 11.5 Å². The molecule has 3 aromatic carbocycles. The van der Waals surface area contributed by atoms with Crippen molar-refractivity contribution in [1.82, 2.24) is 0 Å². The quantitative estimate of drug-likeness (QED) is 0.382. The van der Waals surface area contributed by atoms with E-state index in [0.717, 1.165) is 22.8 Å². The maximum atomic E-state index is 6.65. The van der Waals surface area contributed by atoms with E-state index in [4.69, 9.17) is 14.2 Å². The standard InChI is InChI=1S/C31H39NO3/c1-18(2)23-11-13-24(14-12-23)28-27-21(5)29(19(3)20(4)30(27)35-31(28,6)7)32-17-22-10-15-25(33-8)26(16-22)34-9/h10-16,18,28,32H,17H2,1-9H3. The van der Waals surface area contributed by atoms with Crippen LogP contribution in [-0.2, 0) is 6.54 Å². The molecule has 35 heavy (non-hydrogen) atoms. The smallest absolute Gasteiger partial charge is 0.161 e. The molecule has 4 nitrogen and oxygen atoms in total. The SMILES string of the molecule is COc1ccc(CNc2c(C)c(C)c3c(c2C)C(c2ccc(C(C)C)cc2)C(C)(C)O3)cc1OC. The molecule has 3 aromatic rings. The molecule has 0 aromatic heterocycles. The molecule has 0 radical (unpaired) electrons. The minimum absolute atomic E-state index is 0.166. The van der Waals surface area contributed by atoms with Crippen LogP contribution in [0.15, 0.2) is 42.5 Å². The van der Waals surface area contributed by atoms with Crippen molar-refractivity contribution in [3.8, 4) is 17.2 Å². The highest BCUT2D eigenvalue weighted by atomic mass is 16.5. The molecule has 0 saturated carbocycles. The second-order valence-corrected chi connectivity index (χ2v) is 10.5. The molecule has 1 atom stereocenters. The van der Waals surface area contributed by atoms with Crippen LogP contribution in [0.3, 0.4) is 0 Å². The summed E-state index contributed by atoms with van der Waals surface area (Å²) in [5.41, 5.74) is 9.64. The van der Waals surface area contributed by atoms with E-state index in [1.54, 1.807) is 14.2 Å². The van der Waals surface area contributed by atoms with E-state index in [1.165, 1.54) is 39.1 Å². The van der Waals surface area contributed by atoms with Crippen LogP contribution in [0.5, 0.6) is 17.2 Å². The molecule has 0 amide bonds. The van der Waals surface area contributed by atoms with Crippen LogP contribution in [0, 0.1) is 20.8 Å². The predicted molar refractivity (Wildman–Crippen MR) is 145 cm³/mol. The Kier molecular flexibility index (Phi) is 6.77. The Balaban J connectivity index is 1.73. The summed E-state index contributed by atoms with van der Waals surface area (Å²) in [5, 5.41) is 3.73. The lowest BCUT2D eigenvalue weighted by Crippen LogP contribution is -2.31. The fourth-order valence-corrected chi connectivity index (χ4v) is 5.38. The number of hydrogen-bond acceptors (Lipinski definition) is 4. The van der Waals surface area contributed by atoms with Gasteiger partial charge in [-0.1, -0.05) is 44.2 Å². The first-order valence-electron chi connectivity index (χ1n) is 12.5. The zero-order valence-corrected chi connectivity index (χ0v) is 22.6. The molecule has 0 fully saturated rings. The summed E-state index contributed by atoms with van der Waals surface area (Å²) in [4.78, 5) is 0. The minimum atomic E-state index is -0.328. The van der Waals surface area contributed by atoms with Crippen LogP contribution in [0.2, 0.25) is 0 Å². The highest BCUT2D eigenvalue weighted by Crippen LogP contribution is 2.53. The van der Waals surface area contributed by atoms with Crippen molar-refractivity contribution in [3.63, 3.8) is 0 Å². The van der Waals surface area contributed by atoms with Gasteiger partial charge in [-0.05, 0) is 86.1 Å². The number of nitrogens with one attached hydrogen (secondary N) is 1. The van der Waals surface area contributed by atoms with Crippen LogP contribution in [0.25, 0.3) is 0 Å². The predicted octanol–water partition coefficient (Wildman–Crippen LogP) is 7.67. The van der Waals surface area contributed by atoms with Crippen LogP contribution >= 0.6 is 0 Å². The molecule has 0 spiro atoms. The van der Waals surface area contributed by atoms with Gasteiger partial charge in [0.05, 0.1) is 20.1 Å². The van der Waals surface area contributed by atoms with Gasteiger partial charge < -0.3 is 19.5 Å². The van der Waals surface area contributed by atoms with Crippen LogP contribution < -0.4 is 19.5 Å². The van der Waals surface area contributed by atoms with Gasteiger partial charge in [0, 0.05) is 17.8 Å². The van der Waals surface area contributed by atoms with Gasteiger partial charge in [0.25, 0.3) is 0 Å². The van der Waals surface area contributed by atoms with Gasteiger partial charge in [-0.3, -0.25) is 0 Å². The summed E-state index contributed by atoms with van der Waals surface area (Å²) < 4.78 is 17.5. The molecular weight excluding hydrogens is 434 g/mol. The molecule has 1 aliphatic heterocycles. The van der Waals surface area contributed by atoms with E-state index >= 15 is 0 Å². The van der Waals surface area contributed by atoms with Crippen molar-refractivity contribution >= 4 is 5.69 Å². The lowest BCUT2D eigenvalue weighted by Gasteiger charge is -2.27. The Morgan fingerprint density at radius 2 is 1.54 bits per heavy atom. The summed E-state index contributed by atoms with van der Waals surface area (Å²) in [5.74, 6) is 3.20. The molecule has 0 bridgehead atoms. The zero-order valence-electron chi connectivity index (χ0n) is 22.6. The van der Waals surface area contributed by atoms with Gasteiger partial charge in [0.1, 0.15) is 11.4 Å². The van der Waals surface area contributed by atoms with Crippen molar-refractivity contribution in [2.75, 3.05) is 19.5 Å². The Labute approximate surface area is 210 Å². The first kappa shape index (κ1) is 25.0. The highest BCUT2D eigenvalue weighted by molar-refractivity contribution is 5.71. The molecule has 1 unspecified atom stereocenters. The average Bonchev–Trinajstić information content (AvgIpc) is 3.13. The molecule has 0 saturated heterocycles. The molecule has 1 N–H and O–H groups in total. The number of methoxy groups -OCH3 is 2. The third-order valence-electron chi connectivity index (χ3n) is 7.50. The molecule has 0 aliphatic carbocycles.